The molecule has 0 saturated carbocycles. The summed E-state index contributed by atoms with van der Waals surface area (Å²) in [4.78, 5) is 8.89. The topological polar surface area (TPSA) is 71.6 Å². The molecule has 3 nitrogen and oxygen atoms in total. The molecule has 0 aromatic heterocycles. The van der Waals surface area contributed by atoms with E-state index in [1.807, 2.05) is 0 Å². The van der Waals surface area contributed by atoms with E-state index in [4.69, 9.17) is 9.90 Å². The minimum Gasteiger partial charge on any atom is -0.550 e. The van der Waals surface area contributed by atoms with Gasteiger partial charge in [0.25, 0.3) is 0 Å². The van der Waals surface area contributed by atoms with Crippen molar-refractivity contribution in [3.8, 4) is 0 Å². The second kappa shape index (κ2) is 15.7. The Bertz CT molecular complexity index is 35.9. The minimum atomic E-state index is -1.08. The summed E-state index contributed by atoms with van der Waals surface area (Å²) < 4.78 is 0. The van der Waals surface area contributed by atoms with Gasteiger partial charge in [-0.25, -0.2) is 0 Å². The zero-order valence-electron chi connectivity index (χ0n) is 4.23. The largest absolute Gasteiger partial charge is 2.00 e. The molecule has 0 aliphatic heterocycles. The van der Waals surface area contributed by atoms with Gasteiger partial charge in [0.15, 0.2) is 0 Å². The standard InChI is InChI=1S/C2H4O2.Ca.Mg.H2O/c1-2(3)4;;;/h1H3,(H,3,4);;;1H2/q;2*+2;/p-1. The van der Waals surface area contributed by atoms with Gasteiger partial charge in [-0.1, -0.05) is 0 Å². The second-order valence-electron chi connectivity index (χ2n) is 0.492. The van der Waals surface area contributed by atoms with Crippen LogP contribution in [0.1, 0.15) is 6.92 Å². The fourth-order valence-electron chi connectivity index (χ4n) is 0. The molecule has 0 saturated heterocycles. The molecule has 0 amide bonds. The van der Waals surface area contributed by atoms with E-state index < -0.39 is 5.97 Å². The van der Waals surface area contributed by atoms with Crippen molar-refractivity contribution in [3.05, 3.63) is 0 Å². The van der Waals surface area contributed by atoms with Gasteiger partial charge in [-0.05, 0) is 6.92 Å². The average molecular weight is 141 g/mol. The van der Waals surface area contributed by atoms with E-state index in [0.717, 1.165) is 6.92 Å². The van der Waals surface area contributed by atoms with Crippen LogP contribution in [0.25, 0.3) is 0 Å². The zero-order chi connectivity index (χ0) is 3.58. The maximum atomic E-state index is 8.89. The molecule has 0 bridgehead atoms. The fourth-order valence-corrected chi connectivity index (χ4v) is 0. The van der Waals surface area contributed by atoms with Crippen LogP contribution in [-0.2, 0) is 4.79 Å². The first-order valence-electron chi connectivity index (χ1n) is 0.908. The summed E-state index contributed by atoms with van der Waals surface area (Å²) in [7, 11) is 0. The van der Waals surface area contributed by atoms with Gasteiger partial charge in [0, 0.05) is 5.97 Å². The van der Waals surface area contributed by atoms with Gasteiger partial charge in [0.1, 0.15) is 0 Å². The van der Waals surface area contributed by atoms with Crippen LogP contribution in [0.4, 0.5) is 0 Å². The number of carboxylic acids is 1. The van der Waals surface area contributed by atoms with Crippen molar-refractivity contribution in [3.63, 3.8) is 0 Å². The predicted molar refractivity (Wildman–Crippen MR) is 25.8 cm³/mol. The van der Waals surface area contributed by atoms with Gasteiger partial charge < -0.3 is 15.4 Å². The summed E-state index contributed by atoms with van der Waals surface area (Å²) in [5, 5.41) is 8.89. The number of carbonyl (C=O) groups excluding carboxylic acids is 1. The Balaban J connectivity index is -0.0000000150. The zero-order valence-corrected chi connectivity index (χ0v) is 7.85. The minimum absolute atomic E-state index is 0. The van der Waals surface area contributed by atoms with Gasteiger partial charge in [-0.15, -0.1) is 0 Å². The van der Waals surface area contributed by atoms with E-state index in [1.165, 1.54) is 0 Å². The maximum Gasteiger partial charge on any atom is 2.00 e. The fraction of sp³-hybridized carbons (Fsp3) is 0.500. The van der Waals surface area contributed by atoms with E-state index in [-0.39, 0.29) is 66.3 Å². The first-order valence-corrected chi connectivity index (χ1v) is 0.908. The number of aliphatic carboxylic acids is 1. The SMILES string of the molecule is CC(=O)[O-].O.[Ca+2].[Mg+2]. The Morgan fingerprint density at radius 2 is 1.57 bits per heavy atom. The summed E-state index contributed by atoms with van der Waals surface area (Å²) in [6, 6.07) is 0. The quantitative estimate of drug-likeness (QED) is 0.341. The normalized spacial score (nSPS) is 3.57. The molecule has 7 heavy (non-hydrogen) atoms. The Morgan fingerprint density at radius 1 is 1.57 bits per heavy atom. The van der Waals surface area contributed by atoms with E-state index in [0.29, 0.717) is 0 Å². The van der Waals surface area contributed by atoms with E-state index in [9.17, 15) is 0 Å². The van der Waals surface area contributed by atoms with Gasteiger partial charge in [0.05, 0.1) is 0 Å². The summed E-state index contributed by atoms with van der Waals surface area (Å²) in [5.74, 6) is -1.08. The summed E-state index contributed by atoms with van der Waals surface area (Å²) in [6.07, 6.45) is 0. The van der Waals surface area contributed by atoms with Gasteiger partial charge in [0.2, 0.25) is 0 Å². The molecule has 0 aromatic carbocycles. The monoisotopic (exact) mass is 141 g/mol. The third kappa shape index (κ3) is 105. The van der Waals surface area contributed by atoms with Crippen LogP contribution in [0.2, 0.25) is 0 Å². The average Bonchev–Trinajstić information content (AvgIpc) is 0.811. The van der Waals surface area contributed by atoms with Gasteiger partial charge >= 0.3 is 60.8 Å². The number of carbonyl (C=O) groups is 1. The molecule has 5 heteroatoms. The van der Waals surface area contributed by atoms with Crippen LogP contribution in [-0.4, -0.2) is 72.2 Å². The second-order valence-corrected chi connectivity index (χ2v) is 0.492. The Morgan fingerprint density at radius 3 is 1.57 bits per heavy atom. The van der Waals surface area contributed by atoms with Crippen LogP contribution >= 0.6 is 0 Å². The van der Waals surface area contributed by atoms with Gasteiger partial charge in [-0.2, -0.15) is 0 Å². The van der Waals surface area contributed by atoms with Gasteiger partial charge in [-0.3, -0.25) is 0 Å². The summed E-state index contributed by atoms with van der Waals surface area (Å²) in [5.41, 5.74) is 0. The Labute approximate surface area is 87.9 Å². The van der Waals surface area contributed by atoms with Crippen molar-refractivity contribution in [2.24, 2.45) is 0 Å². The first-order chi connectivity index (χ1) is 1.73. The number of hydrogen-bond donors (Lipinski definition) is 0. The summed E-state index contributed by atoms with van der Waals surface area (Å²) in [6.45, 7) is 0.972. The Hall–Kier alpha value is 1.46. The predicted octanol–water partition coefficient (Wildman–Crippen LogP) is -2.83. The molecule has 0 aliphatic rings. The van der Waals surface area contributed by atoms with Crippen molar-refractivity contribution in [1.82, 2.24) is 0 Å². The van der Waals surface area contributed by atoms with E-state index in [2.05, 4.69) is 0 Å². The molecule has 0 unspecified atom stereocenters. The smallest absolute Gasteiger partial charge is 0.550 e. The molecular formula is C2H5CaMgO3+3. The van der Waals surface area contributed by atoms with E-state index >= 15 is 0 Å². The van der Waals surface area contributed by atoms with Crippen LogP contribution < -0.4 is 5.11 Å². The third-order valence-electron chi connectivity index (χ3n) is 0. The molecule has 0 fully saturated rings. The Kier molecular flexibility index (Phi) is 52.9. The molecule has 0 heterocycles. The first kappa shape index (κ1) is 23.7. The van der Waals surface area contributed by atoms with E-state index in [1.54, 1.807) is 0 Å². The van der Waals surface area contributed by atoms with Crippen molar-refractivity contribution >= 4 is 66.8 Å². The molecule has 0 atom stereocenters. The molecule has 32 valence electrons. The molecular weight excluding hydrogens is 136 g/mol. The van der Waals surface area contributed by atoms with Crippen molar-refractivity contribution in [1.29, 1.82) is 0 Å². The maximum absolute atomic E-state index is 8.89. The number of rotatable bonds is 0. The molecule has 0 radical (unpaired) electrons. The van der Waals surface area contributed by atoms with Crippen molar-refractivity contribution in [2.45, 2.75) is 6.92 Å². The van der Waals surface area contributed by atoms with Crippen LogP contribution in [0.15, 0.2) is 0 Å². The van der Waals surface area contributed by atoms with Crippen molar-refractivity contribution in [2.75, 3.05) is 0 Å². The molecule has 0 rings (SSSR count). The van der Waals surface area contributed by atoms with Crippen LogP contribution in [0, 0.1) is 0 Å². The molecule has 0 spiro atoms. The number of carboxylic acid groups (broad SMARTS) is 1. The third-order valence-corrected chi connectivity index (χ3v) is 0. The van der Waals surface area contributed by atoms with Crippen LogP contribution in [0.3, 0.4) is 0 Å². The van der Waals surface area contributed by atoms with Crippen molar-refractivity contribution < 1.29 is 15.4 Å². The summed E-state index contributed by atoms with van der Waals surface area (Å²) >= 11 is 0. The molecule has 0 aromatic rings. The van der Waals surface area contributed by atoms with Crippen LogP contribution in [0.5, 0.6) is 0 Å². The molecule has 2 N–H and O–H groups in total. The molecule has 0 aliphatic carbocycles. The number of hydrogen-bond acceptors (Lipinski definition) is 2.